The molecule has 3 rings (SSSR count). The molecule has 3 aromatic rings. The van der Waals surface area contributed by atoms with Crippen molar-refractivity contribution in [1.29, 1.82) is 0 Å². The number of nitrogens with zero attached hydrogens (tertiary/aromatic N) is 5. The second-order valence-electron chi connectivity index (χ2n) is 4.95. The van der Waals surface area contributed by atoms with Gasteiger partial charge in [0, 0.05) is 22.1 Å². The van der Waals surface area contributed by atoms with Gasteiger partial charge in [0.25, 0.3) is 5.91 Å². The predicted molar refractivity (Wildman–Crippen MR) is 94.0 cm³/mol. The highest BCUT2D eigenvalue weighted by Crippen LogP contribution is 2.34. The van der Waals surface area contributed by atoms with Crippen molar-refractivity contribution in [1.82, 2.24) is 25.2 Å². The van der Waals surface area contributed by atoms with Gasteiger partial charge in [-0.3, -0.25) is 4.79 Å². The zero-order valence-electron chi connectivity index (χ0n) is 12.9. The van der Waals surface area contributed by atoms with Crippen molar-refractivity contribution in [2.75, 3.05) is 5.32 Å². The Morgan fingerprint density at radius 1 is 1.29 bits per heavy atom. The number of hydrogen-bond acceptors (Lipinski definition) is 6. The quantitative estimate of drug-likeness (QED) is 0.718. The zero-order chi connectivity index (χ0) is 17.1. The highest BCUT2D eigenvalue weighted by atomic mass is 79.9. The van der Waals surface area contributed by atoms with Gasteiger partial charge < -0.3 is 5.32 Å². The van der Waals surface area contributed by atoms with Crippen LogP contribution in [-0.2, 0) is 7.05 Å². The van der Waals surface area contributed by atoms with Gasteiger partial charge in [0.2, 0.25) is 5.16 Å². The molecule has 0 atom stereocenters. The standard InChI is InChI=1S/C15H13BrN6OS/c1-9-4-3-5-11(17-9)14(23)18-12-8-10(16)6-7-13(12)24-15-19-20-21-22(15)2/h3-8H,1-2H3,(H,18,23). The van der Waals surface area contributed by atoms with Crippen LogP contribution in [0.1, 0.15) is 16.2 Å². The van der Waals surface area contributed by atoms with E-state index in [0.29, 0.717) is 16.5 Å². The van der Waals surface area contributed by atoms with E-state index in [1.807, 2.05) is 31.2 Å². The average Bonchev–Trinajstić information content (AvgIpc) is 2.95. The van der Waals surface area contributed by atoms with Crippen LogP contribution in [0.25, 0.3) is 0 Å². The van der Waals surface area contributed by atoms with E-state index in [0.717, 1.165) is 15.1 Å². The number of anilines is 1. The monoisotopic (exact) mass is 404 g/mol. The molecule has 0 unspecified atom stereocenters. The molecule has 0 fully saturated rings. The average molecular weight is 405 g/mol. The Kier molecular flexibility index (Phi) is 4.91. The van der Waals surface area contributed by atoms with E-state index in [-0.39, 0.29) is 5.91 Å². The number of benzene rings is 1. The maximum atomic E-state index is 12.5. The summed E-state index contributed by atoms with van der Waals surface area (Å²) in [7, 11) is 1.76. The summed E-state index contributed by atoms with van der Waals surface area (Å²) >= 11 is 4.79. The molecule has 0 aliphatic rings. The van der Waals surface area contributed by atoms with Crippen LogP contribution in [0.5, 0.6) is 0 Å². The van der Waals surface area contributed by atoms with Gasteiger partial charge in [-0.15, -0.1) is 5.10 Å². The minimum absolute atomic E-state index is 0.269. The number of amides is 1. The van der Waals surface area contributed by atoms with Crippen LogP contribution in [0.15, 0.2) is 50.9 Å². The molecule has 2 aromatic heterocycles. The molecule has 0 aliphatic heterocycles. The van der Waals surface area contributed by atoms with Crippen molar-refractivity contribution >= 4 is 39.3 Å². The van der Waals surface area contributed by atoms with E-state index >= 15 is 0 Å². The Bertz CT molecular complexity index is 897. The van der Waals surface area contributed by atoms with Crippen LogP contribution >= 0.6 is 27.7 Å². The predicted octanol–water partition coefficient (Wildman–Crippen LogP) is 3.08. The van der Waals surface area contributed by atoms with Crippen molar-refractivity contribution in [3.63, 3.8) is 0 Å². The van der Waals surface area contributed by atoms with E-state index in [1.54, 1.807) is 23.9 Å². The molecule has 0 bridgehead atoms. The van der Waals surface area contributed by atoms with Crippen LogP contribution in [0.4, 0.5) is 5.69 Å². The topological polar surface area (TPSA) is 85.6 Å². The number of halogens is 1. The summed E-state index contributed by atoms with van der Waals surface area (Å²) in [6, 6.07) is 11.0. The maximum absolute atomic E-state index is 12.5. The summed E-state index contributed by atoms with van der Waals surface area (Å²) in [6.07, 6.45) is 0. The third-order valence-electron chi connectivity index (χ3n) is 3.09. The minimum Gasteiger partial charge on any atom is -0.320 e. The Labute approximate surface area is 151 Å². The van der Waals surface area contributed by atoms with Crippen molar-refractivity contribution in [2.24, 2.45) is 7.05 Å². The van der Waals surface area contributed by atoms with Gasteiger partial charge in [-0.2, -0.15) is 0 Å². The fourth-order valence-electron chi connectivity index (χ4n) is 1.95. The molecule has 1 aromatic carbocycles. The molecule has 0 saturated carbocycles. The van der Waals surface area contributed by atoms with Crippen LogP contribution in [0.3, 0.4) is 0 Å². The molecule has 122 valence electrons. The van der Waals surface area contributed by atoms with Crippen molar-refractivity contribution < 1.29 is 4.79 Å². The molecule has 0 saturated heterocycles. The molecule has 0 radical (unpaired) electrons. The van der Waals surface area contributed by atoms with E-state index in [2.05, 4.69) is 41.8 Å². The Balaban J connectivity index is 1.88. The highest BCUT2D eigenvalue weighted by molar-refractivity contribution is 9.10. The molecule has 7 nitrogen and oxygen atoms in total. The van der Waals surface area contributed by atoms with Crippen LogP contribution in [0, 0.1) is 6.92 Å². The molecule has 0 aliphatic carbocycles. The Morgan fingerprint density at radius 2 is 2.12 bits per heavy atom. The second-order valence-corrected chi connectivity index (χ2v) is 6.87. The van der Waals surface area contributed by atoms with Crippen LogP contribution < -0.4 is 5.32 Å². The summed E-state index contributed by atoms with van der Waals surface area (Å²) in [5.74, 6) is -0.269. The summed E-state index contributed by atoms with van der Waals surface area (Å²) < 4.78 is 2.43. The number of aryl methyl sites for hydroxylation is 2. The lowest BCUT2D eigenvalue weighted by Gasteiger charge is -2.11. The number of hydrogen-bond donors (Lipinski definition) is 1. The lowest BCUT2D eigenvalue weighted by atomic mass is 10.2. The number of tetrazole rings is 1. The number of aromatic nitrogens is 5. The smallest absolute Gasteiger partial charge is 0.274 e. The normalized spacial score (nSPS) is 10.6. The first-order valence-electron chi connectivity index (χ1n) is 6.98. The van der Waals surface area contributed by atoms with E-state index in [9.17, 15) is 4.79 Å². The molecule has 2 heterocycles. The number of carbonyl (C=O) groups is 1. The van der Waals surface area contributed by atoms with Crippen molar-refractivity contribution in [2.45, 2.75) is 17.0 Å². The zero-order valence-corrected chi connectivity index (χ0v) is 15.3. The van der Waals surface area contributed by atoms with Gasteiger partial charge in [0.05, 0.1) is 5.69 Å². The SMILES string of the molecule is Cc1cccc(C(=O)Nc2cc(Br)ccc2Sc2nnnn2C)n1. The van der Waals surface area contributed by atoms with E-state index < -0.39 is 0 Å². The lowest BCUT2D eigenvalue weighted by molar-refractivity contribution is 0.102. The van der Waals surface area contributed by atoms with Gasteiger partial charge in [-0.1, -0.05) is 22.0 Å². The van der Waals surface area contributed by atoms with Crippen molar-refractivity contribution in [3.8, 4) is 0 Å². The molecule has 9 heteroatoms. The van der Waals surface area contributed by atoms with Gasteiger partial charge in [-0.25, -0.2) is 9.67 Å². The third-order valence-corrected chi connectivity index (χ3v) is 4.69. The maximum Gasteiger partial charge on any atom is 0.274 e. The number of carbonyl (C=O) groups excluding carboxylic acids is 1. The Morgan fingerprint density at radius 3 is 2.83 bits per heavy atom. The van der Waals surface area contributed by atoms with Gasteiger partial charge >= 0.3 is 0 Å². The van der Waals surface area contributed by atoms with Gasteiger partial charge in [0.1, 0.15) is 5.69 Å². The molecule has 1 N–H and O–H groups in total. The summed E-state index contributed by atoms with van der Waals surface area (Å²) in [4.78, 5) is 17.5. The van der Waals surface area contributed by atoms with E-state index in [1.165, 1.54) is 11.8 Å². The third kappa shape index (κ3) is 3.80. The number of nitrogens with one attached hydrogen (secondary N) is 1. The summed E-state index contributed by atoms with van der Waals surface area (Å²) in [6.45, 7) is 1.85. The second kappa shape index (κ2) is 7.10. The van der Waals surface area contributed by atoms with Crippen LogP contribution in [0.2, 0.25) is 0 Å². The summed E-state index contributed by atoms with van der Waals surface area (Å²) in [5.41, 5.74) is 1.81. The minimum atomic E-state index is -0.269. The van der Waals surface area contributed by atoms with Crippen LogP contribution in [-0.4, -0.2) is 31.1 Å². The molecule has 0 spiro atoms. The number of rotatable bonds is 4. The fraction of sp³-hybridized carbons (Fsp3) is 0.133. The van der Waals surface area contributed by atoms with Crippen molar-refractivity contribution in [3.05, 3.63) is 52.3 Å². The first kappa shape index (κ1) is 16.6. The molecular weight excluding hydrogens is 392 g/mol. The lowest BCUT2D eigenvalue weighted by Crippen LogP contribution is -2.14. The molecular formula is C15H13BrN6OS. The first-order chi connectivity index (χ1) is 11.5. The fourth-order valence-corrected chi connectivity index (χ4v) is 3.11. The summed E-state index contributed by atoms with van der Waals surface area (Å²) in [5, 5.41) is 14.9. The Hall–Kier alpha value is -2.26. The van der Waals surface area contributed by atoms with Gasteiger partial charge in [0.15, 0.2) is 0 Å². The first-order valence-corrected chi connectivity index (χ1v) is 8.58. The molecule has 1 amide bonds. The van der Waals surface area contributed by atoms with E-state index in [4.69, 9.17) is 0 Å². The largest absolute Gasteiger partial charge is 0.320 e. The highest BCUT2D eigenvalue weighted by Gasteiger charge is 2.14. The molecule has 24 heavy (non-hydrogen) atoms. The van der Waals surface area contributed by atoms with Gasteiger partial charge in [-0.05, 0) is 59.4 Å². The number of pyridine rings is 1.